The number of aromatic nitrogens is 2. The molecule has 136 valence electrons. The quantitative estimate of drug-likeness (QED) is 0.628. The lowest BCUT2D eigenvalue weighted by atomic mass is 10.2. The van der Waals surface area contributed by atoms with Crippen molar-refractivity contribution in [3.63, 3.8) is 0 Å². The molecule has 0 atom stereocenters. The molecule has 3 rings (SSSR count). The van der Waals surface area contributed by atoms with Crippen LogP contribution in [0.25, 0.3) is 21.6 Å². The summed E-state index contributed by atoms with van der Waals surface area (Å²) in [6, 6.07) is 10.4. The third-order valence-electron chi connectivity index (χ3n) is 4.00. The molecule has 2 amide bonds. The minimum absolute atomic E-state index is 0.112. The summed E-state index contributed by atoms with van der Waals surface area (Å²) < 4.78 is 2.26. The van der Waals surface area contributed by atoms with E-state index in [0.717, 1.165) is 23.7 Å². The van der Waals surface area contributed by atoms with Crippen LogP contribution < -0.4 is 10.6 Å². The zero-order valence-corrected chi connectivity index (χ0v) is 15.7. The minimum Gasteiger partial charge on any atom is -0.355 e. The highest BCUT2D eigenvalue weighted by Gasteiger charge is 2.16. The maximum Gasteiger partial charge on any atom is 0.270 e. The number of hydrogen-bond donors (Lipinski definition) is 2. The molecule has 26 heavy (non-hydrogen) atoms. The van der Waals surface area contributed by atoms with Crippen LogP contribution in [0, 0.1) is 0 Å². The number of carbonyl (C=O) groups excluding carboxylic acids is 2. The summed E-state index contributed by atoms with van der Waals surface area (Å²) in [7, 11) is 0. The molecule has 0 radical (unpaired) electrons. The van der Waals surface area contributed by atoms with Crippen molar-refractivity contribution in [1.82, 2.24) is 20.2 Å². The molecule has 0 spiro atoms. The third kappa shape index (κ3) is 3.94. The van der Waals surface area contributed by atoms with E-state index in [1.54, 1.807) is 5.38 Å². The molecule has 2 N–H and O–H groups in total. The second kappa shape index (κ2) is 8.14. The number of rotatable bonds is 7. The first kappa shape index (κ1) is 18.1. The Morgan fingerprint density at radius 2 is 1.96 bits per heavy atom. The van der Waals surface area contributed by atoms with Crippen molar-refractivity contribution in [1.29, 1.82) is 0 Å². The summed E-state index contributed by atoms with van der Waals surface area (Å²) in [6.07, 6.45) is 1.02. The van der Waals surface area contributed by atoms with Gasteiger partial charge in [-0.15, -0.1) is 11.3 Å². The van der Waals surface area contributed by atoms with E-state index in [1.165, 1.54) is 29.2 Å². The van der Waals surface area contributed by atoms with Crippen LogP contribution in [0.1, 0.15) is 30.8 Å². The molecule has 0 aliphatic rings. The van der Waals surface area contributed by atoms with E-state index >= 15 is 0 Å². The highest BCUT2D eigenvalue weighted by molar-refractivity contribution is 7.13. The third-order valence-corrected chi connectivity index (χ3v) is 4.86. The van der Waals surface area contributed by atoms with Crippen molar-refractivity contribution in [2.24, 2.45) is 0 Å². The van der Waals surface area contributed by atoms with Gasteiger partial charge >= 0.3 is 0 Å². The SMILES string of the molecule is CCCn1c(-c2nc(C(=O)NCCNC(C)=O)cs2)cc2ccccc21. The highest BCUT2D eigenvalue weighted by atomic mass is 32.1. The van der Waals surface area contributed by atoms with Gasteiger partial charge in [0.1, 0.15) is 10.7 Å². The molecule has 7 heteroatoms. The van der Waals surface area contributed by atoms with Crippen LogP contribution in [0.3, 0.4) is 0 Å². The maximum absolute atomic E-state index is 12.2. The Hall–Kier alpha value is -2.67. The predicted octanol–water partition coefficient (Wildman–Crippen LogP) is 3.04. The molecule has 0 unspecified atom stereocenters. The lowest BCUT2D eigenvalue weighted by Gasteiger charge is -2.07. The smallest absolute Gasteiger partial charge is 0.270 e. The number of nitrogens with one attached hydrogen (secondary N) is 2. The lowest BCUT2D eigenvalue weighted by Crippen LogP contribution is -2.33. The number of para-hydroxylation sites is 1. The van der Waals surface area contributed by atoms with E-state index in [1.807, 2.05) is 12.1 Å². The number of aryl methyl sites for hydroxylation is 1. The van der Waals surface area contributed by atoms with E-state index in [-0.39, 0.29) is 11.8 Å². The Kier molecular flexibility index (Phi) is 5.68. The highest BCUT2D eigenvalue weighted by Crippen LogP contribution is 2.30. The number of carbonyl (C=O) groups is 2. The number of amides is 2. The van der Waals surface area contributed by atoms with Gasteiger partial charge in [-0.2, -0.15) is 0 Å². The van der Waals surface area contributed by atoms with Gasteiger partial charge in [0.25, 0.3) is 5.91 Å². The van der Waals surface area contributed by atoms with Crippen LogP contribution in [0.4, 0.5) is 0 Å². The second-order valence-corrected chi connectivity index (χ2v) is 6.87. The zero-order chi connectivity index (χ0) is 18.5. The van der Waals surface area contributed by atoms with Gasteiger partial charge in [0.05, 0.1) is 5.69 Å². The van der Waals surface area contributed by atoms with Crippen molar-refractivity contribution in [2.75, 3.05) is 13.1 Å². The Morgan fingerprint density at radius 3 is 2.73 bits per heavy atom. The number of benzene rings is 1. The van der Waals surface area contributed by atoms with Crippen LogP contribution in [-0.4, -0.2) is 34.5 Å². The van der Waals surface area contributed by atoms with Gasteiger partial charge in [0.15, 0.2) is 0 Å². The van der Waals surface area contributed by atoms with Crippen molar-refractivity contribution < 1.29 is 9.59 Å². The molecule has 2 aromatic heterocycles. The van der Waals surface area contributed by atoms with Gasteiger partial charge in [-0.05, 0) is 18.6 Å². The van der Waals surface area contributed by atoms with E-state index in [2.05, 4.69) is 45.3 Å². The summed E-state index contributed by atoms with van der Waals surface area (Å²) in [5, 5.41) is 9.20. The number of hydrogen-bond acceptors (Lipinski definition) is 4. The summed E-state index contributed by atoms with van der Waals surface area (Å²) in [4.78, 5) is 27.6. The standard InChI is InChI=1S/C19H22N4O2S/c1-3-10-23-16-7-5-4-6-14(16)11-17(23)19-22-15(12-26-19)18(25)21-9-8-20-13(2)24/h4-7,11-12H,3,8-10H2,1-2H3,(H,20,24)(H,21,25). The molecule has 0 aliphatic heterocycles. The fourth-order valence-corrected chi connectivity index (χ4v) is 3.68. The topological polar surface area (TPSA) is 76.0 Å². The molecule has 0 bridgehead atoms. The predicted molar refractivity (Wildman–Crippen MR) is 104 cm³/mol. The Labute approximate surface area is 156 Å². The van der Waals surface area contributed by atoms with E-state index < -0.39 is 0 Å². The maximum atomic E-state index is 12.2. The first-order valence-electron chi connectivity index (χ1n) is 8.67. The summed E-state index contributed by atoms with van der Waals surface area (Å²) in [6.45, 7) is 5.28. The molecule has 1 aromatic carbocycles. The van der Waals surface area contributed by atoms with Crippen LogP contribution in [-0.2, 0) is 11.3 Å². The van der Waals surface area contributed by atoms with Crippen molar-refractivity contribution in [3.8, 4) is 10.7 Å². The zero-order valence-electron chi connectivity index (χ0n) is 14.9. The minimum atomic E-state index is -0.226. The number of nitrogens with zero attached hydrogens (tertiary/aromatic N) is 2. The van der Waals surface area contributed by atoms with Gasteiger partial charge < -0.3 is 15.2 Å². The Bertz CT molecular complexity index is 929. The lowest BCUT2D eigenvalue weighted by molar-refractivity contribution is -0.118. The van der Waals surface area contributed by atoms with E-state index in [0.29, 0.717) is 18.8 Å². The van der Waals surface area contributed by atoms with E-state index in [4.69, 9.17) is 0 Å². The normalized spacial score (nSPS) is 10.8. The molecular weight excluding hydrogens is 348 g/mol. The first-order chi connectivity index (χ1) is 12.6. The average molecular weight is 370 g/mol. The van der Waals surface area contributed by atoms with Gasteiger partial charge in [0.2, 0.25) is 5.91 Å². The van der Waals surface area contributed by atoms with Crippen LogP contribution in [0.5, 0.6) is 0 Å². The van der Waals surface area contributed by atoms with Gasteiger partial charge in [-0.1, -0.05) is 25.1 Å². The molecule has 0 saturated carbocycles. The number of fused-ring (bicyclic) bond motifs is 1. The number of thiazole rings is 1. The average Bonchev–Trinajstić information content (AvgIpc) is 3.24. The van der Waals surface area contributed by atoms with Gasteiger partial charge in [0, 0.05) is 42.8 Å². The van der Waals surface area contributed by atoms with Crippen LogP contribution in [0.15, 0.2) is 35.7 Å². The Balaban J connectivity index is 1.79. The van der Waals surface area contributed by atoms with Crippen LogP contribution >= 0.6 is 11.3 Å². The molecule has 3 aromatic rings. The molecule has 0 aliphatic carbocycles. The monoisotopic (exact) mass is 370 g/mol. The fraction of sp³-hybridized carbons (Fsp3) is 0.316. The van der Waals surface area contributed by atoms with Crippen molar-refractivity contribution in [2.45, 2.75) is 26.8 Å². The van der Waals surface area contributed by atoms with Crippen molar-refractivity contribution in [3.05, 3.63) is 41.4 Å². The molecule has 0 fully saturated rings. The molecule has 6 nitrogen and oxygen atoms in total. The fourth-order valence-electron chi connectivity index (χ4n) is 2.85. The largest absolute Gasteiger partial charge is 0.355 e. The second-order valence-electron chi connectivity index (χ2n) is 6.02. The molecule has 2 heterocycles. The first-order valence-corrected chi connectivity index (χ1v) is 9.55. The summed E-state index contributed by atoms with van der Waals surface area (Å²) in [5.41, 5.74) is 2.62. The molecule has 0 saturated heterocycles. The summed E-state index contributed by atoms with van der Waals surface area (Å²) in [5.74, 6) is -0.338. The van der Waals surface area contributed by atoms with Gasteiger partial charge in [-0.3, -0.25) is 9.59 Å². The van der Waals surface area contributed by atoms with Crippen LogP contribution in [0.2, 0.25) is 0 Å². The Morgan fingerprint density at radius 1 is 1.19 bits per heavy atom. The van der Waals surface area contributed by atoms with E-state index in [9.17, 15) is 9.59 Å². The van der Waals surface area contributed by atoms with Gasteiger partial charge in [-0.25, -0.2) is 4.98 Å². The molecular formula is C19H22N4O2S. The van der Waals surface area contributed by atoms with Crippen molar-refractivity contribution >= 4 is 34.1 Å². The summed E-state index contributed by atoms with van der Waals surface area (Å²) >= 11 is 1.47.